The number of nitrogens with one attached hydrogen (secondary N) is 1. The molecule has 2 aromatic carbocycles. The second-order valence-corrected chi connectivity index (χ2v) is 22.2. The van der Waals surface area contributed by atoms with Crippen molar-refractivity contribution < 1.29 is 61.9 Å². The van der Waals surface area contributed by atoms with Crippen LogP contribution in [0.2, 0.25) is 0 Å². The van der Waals surface area contributed by atoms with Crippen LogP contribution < -0.4 is 24.3 Å². The van der Waals surface area contributed by atoms with E-state index in [-0.39, 0.29) is 60.6 Å². The van der Waals surface area contributed by atoms with E-state index in [2.05, 4.69) is 5.32 Å². The summed E-state index contributed by atoms with van der Waals surface area (Å²) in [4.78, 5) is 72.4. The molecule has 2 heterocycles. The standard InChI is InChI=1S/C30H49N3O6.C27H42N2O7/c1-21(2)33(28(34)22-9-14-26(37-7)27(19-22)38-18-8-17-36-6)25-13-12-24(15-16-31-23-10-11-23)32(20-25)29(35)39-30(3,4)5;1-19(2)29(22-11-10-21(13-14-30)28(18-22)26(32)36-27(3,4)5)25(31)20-9-12-23(34-7)24(17-20)35-16-8-15-33-6/h9,14,19,21,23-25,31H,8,10-13,15-18,20H2,1-7H3;9,12,14,17,19,21-22H,8,10-11,13,15-16,18H2,1-7H3/t24-,25-;21-,22-/m11/s1. The van der Waals surface area contributed by atoms with E-state index in [1.165, 1.54) is 12.8 Å². The number of amides is 4. The Morgan fingerprint density at radius 2 is 1.04 bits per heavy atom. The molecule has 75 heavy (non-hydrogen) atoms. The Morgan fingerprint density at radius 1 is 0.613 bits per heavy atom. The maximum absolute atomic E-state index is 13.9. The number of ether oxygens (including phenoxy) is 8. The van der Waals surface area contributed by atoms with Crippen molar-refractivity contribution in [3.05, 3.63) is 47.5 Å². The maximum atomic E-state index is 13.9. The van der Waals surface area contributed by atoms with Crippen LogP contribution in [0.15, 0.2) is 36.4 Å². The summed E-state index contributed by atoms with van der Waals surface area (Å²) in [5, 5.41) is 3.57. The second kappa shape index (κ2) is 29.8. The van der Waals surface area contributed by atoms with Gasteiger partial charge in [-0.1, -0.05) is 0 Å². The molecule has 18 heteroatoms. The molecular weight excluding hydrogens is 963 g/mol. The van der Waals surface area contributed by atoms with Gasteiger partial charge in [0.05, 0.1) is 39.5 Å². The van der Waals surface area contributed by atoms with Gasteiger partial charge in [0.15, 0.2) is 23.0 Å². The molecule has 0 radical (unpaired) electrons. The summed E-state index contributed by atoms with van der Waals surface area (Å²) in [7, 11) is 6.44. The lowest BCUT2D eigenvalue weighted by Gasteiger charge is -2.45. The van der Waals surface area contributed by atoms with Crippen molar-refractivity contribution in [2.24, 2.45) is 0 Å². The quantitative estimate of drug-likeness (QED) is 0.0775. The zero-order valence-electron chi connectivity index (χ0n) is 47.7. The van der Waals surface area contributed by atoms with Crippen LogP contribution in [0.5, 0.6) is 23.0 Å². The first-order valence-corrected chi connectivity index (χ1v) is 27.0. The summed E-state index contributed by atoms with van der Waals surface area (Å²) < 4.78 is 44.2. The molecule has 3 fully saturated rings. The van der Waals surface area contributed by atoms with Crippen LogP contribution in [0.25, 0.3) is 0 Å². The van der Waals surface area contributed by atoms with Gasteiger partial charge >= 0.3 is 12.2 Å². The summed E-state index contributed by atoms with van der Waals surface area (Å²) in [6, 6.07) is 10.4. The molecule has 0 aromatic heterocycles. The Balaban J connectivity index is 0.000000326. The van der Waals surface area contributed by atoms with Gasteiger partial charge < -0.3 is 67.6 Å². The molecule has 3 aliphatic rings. The molecule has 422 valence electrons. The minimum Gasteiger partial charge on any atom is -0.493 e. The van der Waals surface area contributed by atoms with Crippen molar-refractivity contribution in [2.45, 2.75) is 187 Å². The molecule has 4 amide bonds. The average molecular weight is 1050 g/mol. The lowest BCUT2D eigenvalue weighted by Crippen LogP contribution is -2.57. The Labute approximate surface area is 447 Å². The first-order valence-electron chi connectivity index (χ1n) is 27.0. The normalized spacial score (nSPS) is 18.9. The van der Waals surface area contributed by atoms with Crippen molar-refractivity contribution >= 4 is 30.3 Å². The highest BCUT2D eigenvalue weighted by molar-refractivity contribution is 5.96. The van der Waals surface area contributed by atoms with E-state index >= 15 is 0 Å². The van der Waals surface area contributed by atoms with E-state index in [9.17, 15) is 24.0 Å². The molecular formula is C57H91N5O13. The number of carbonyl (C=O) groups excluding carboxylic acids is 5. The van der Waals surface area contributed by atoms with Crippen molar-refractivity contribution in [3.8, 4) is 23.0 Å². The van der Waals surface area contributed by atoms with Crippen molar-refractivity contribution in [1.82, 2.24) is 24.9 Å². The minimum atomic E-state index is -0.661. The van der Waals surface area contributed by atoms with Crippen LogP contribution in [0.4, 0.5) is 9.59 Å². The Bertz CT molecular complexity index is 2120. The number of hydrogen-bond donors (Lipinski definition) is 1. The van der Waals surface area contributed by atoms with E-state index in [0.717, 1.165) is 38.5 Å². The van der Waals surface area contributed by atoms with Crippen LogP contribution in [0.3, 0.4) is 0 Å². The molecule has 0 bridgehead atoms. The molecule has 2 aromatic rings. The predicted molar refractivity (Wildman–Crippen MR) is 288 cm³/mol. The van der Waals surface area contributed by atoms with Crippen LogP contribution in [0.1, 0.15) is 154 Å². The van der Waals surface area contributed by atoms with E-state index in [4.69, 9.17) is 37.9 Å². The largest absolute Gasteiger partial charge is 0.493 e. The SMILES string of the molecule is COCCCOc1cc(C(=O)N(C(C)C)[C@@H]2CC[C@H](CC=O)N(C(=O)OC(C)(C)C)C2)ccc1OC.COCCCOc1cc(C(=O)N(C(C)C)[C@@H]2CC[C@H](CCNC3CC3)N(C(=O)OC(C)(C)C)C2)ccc1OC. The number of carbonyl (C=O) groups is 5. The number of aldehydes is 1. The highest BCUT2D eigenvalue weighted by Gasteiger charge is 2.41. The topological polar surface area (TPSA) is 184 Å². The minimum absolute atomic E-state index is 0.0516. The summed E-state index contributed by atoms with van der Waals surface area (Å²) in [5.41, 5.74) is -0.237. The summed E-state index contributed by atoms with van der Waals surface area (Å²) in [6.45, 7) is 22.7. The molecule has 2 aliphatic heterocycles. The molecule has 0 spiro atoms. The van der Waals surface area contributed by atoms with Crippen LogP contribution in [0, 0.1) is 0 Å². The van der Waals surface area contributed by atoms with Crippen LogP contribution in [-0.4, -0.2) is 178 Å². The van der Waals surface area contributed by atoms with E-state index < -0.39 is 17.3 Å². The molecule has 1 saturated carbocycles. The van der Waals surface area contributed by atoms with Gasteiger partial charge in [-0.05, 0) is 157 Å². The lowest BCUT2D eigenvalue weighted by atomic mass is 9.94. The summed E-state index contributed by atoms with van der Waals surface area (Å²) >= 11 is 0. The first-order chi connectivity index (χ1) is 35.6. The molecule has 1 N–H and O–H groups in total. The van der Waals surface area contributed by atoms with Gasteiger partial charge in [0.2, 0.25) is 0 Å². The number of piperidine rings is 2. The lowest BCUT2D eigenvalue weighted by molar-refractivity contribution is -0.109. The van der Waals surface area contributed by atoms with E-state index in [0.29, 0.717) is 98.9 Å². The number of likely N-dealkylation sites (tertiary alicyclic amines) is 2. The molecule has 0 unspecified atom stereocenters. The number of benzene rings is 2. The fourth-order valence-electron chi connectivity index (χ4n) is 9.51. The predicted octanol–water partition coefficient (Wildman–Crippen LogP) is 9.19. The highest BCUT2D eigenvalue weighted by atomic mass is 16.6. The second-order valence-electron chi connectivity index (χ2n) is 22.2. The molecule has 2 saturated heterocycles. The molecule has 5 rings (SSSR count). The van der Waals surface area contributed by atoms with Gasteiger partial charge in [-0.15, -0.1) is 0 Å². The third kappa shape index (κ3) is 19.6. The van der Waals surface area contributed by atoms with Crippen molar-refractivity contribution in [2.75, 3.05) is 74.5 Å². The van der Waals surface area contributed by atoms with Crippen molar-refractivity contribution in [3.63, 3.8) is 0 Å². The number of rotatable bonds is 24. The summed E-state index contributed by atoms with van der Waals surface area (Å²) in [5.74, 6) is 1.91. The average Bonchev–Trinajstić information content (AvgIpc) is 4.18. The zero-order valence-corrected chi connectivity index (χ0v) is 47.7. The summed E-state index contributed by atoms with van der Waals surface area (Å²) in [6.07, 6.45) is 8.02. The van der Waals surface area contributed by atoms with Gasteiger partial charge in [-0.2, -0.15) is 0 Å². The Morgan fingerprint density at radius 3 is 1.41 bits per heavy atom. The monoisotopic (exact) mass is 1050 g/mol. The van der Waals surface area contributed by atoms with Gasteiger partial charge in [0.25, 0.3) is 11.8 Å². The third-order valence-electron chi connectivity index (χ3n) is 13.2. The van der Waals surface area contributed by atoms with Gasteiger partial charge in [0.1, 0.15) is 17.5 Å². The van der Waals surface area contributed by atoms with E-state index in [1.54, 1.807) is 69.7 Å². The first kappa shape index (κ1) is 62.2. The Hall–Kier alpha value is -5.33. The smallest absolute Gasteiger partial charge is 0.410 e. The number of nitrogens with zero attached hydrogens (tertiary/aromatic N) is 4. The maximum Gasteiger partial charge on any atom is 0.410 e. The zero-order chi connectivity index (χ0) is 55.5. The van der Waals surface area contributed by atoms with E-state index in [1.807, 2.05) is 83.9 Å². The van der Waals surface area contributed by atoms with Gasteiger partial charge in [-0.3, -0.25) is 9.59 Å². The fourth-order valence-corrected chi connectivity index (χ4v) is 9.51. The fraction of sp³-hybridized carbons (Fsp3) is 0.702. The molecule has 1 aliphatic carbocycles. The van der Waals surface area contributed by atoms with Gasteiger partial charge in [-0.25, -0.2) is 9.59 Å². The van der Waals surface area contributed by atoms with Gasteiger partial charge in [0, 0.05) is 101 Å². The van der Waals surface area contributed by atoms with Crippen molar-refractivity contribution in [1.29, 1.82) is 0 Å². The number of hydrogen-bond acceptors (Lipinski definition) is 14. The van der Waals surface area contributed by atoms with Crippen LogP contribution in [-0.2, 0) is 23.7 Å². The molecule has 18 nitrogen and oxygen atoms in total. The Kier molecular flexibility index (Phi) is 24.7. The third-order valence-corrected chi connectivity index (χ3v) is 13.2. The number of methoxy groups -OCH3 is 4. The van der Waals surface area contributed by atoms with Crippen LogP contribution >= 0.6 is 0 Å². The molecule has 4 atom stereocenters. The highest BCUT2D eigenvalue weighted by Crippen LogP contribution is 2.34.